The highest BCUT2D eigenvalue weighted by atomic mass is 16.5. The second kappa shape index (κ2) is 9.97. The first kappa shape index (κ1) is 18.3. The number of carbonyl (C=O) groups excluding carboxylic acids is 1. The fourth-order valence-electron chi connectivity index (χ4n) is 2.68. The fraction of sp³-hybridized carbons (Fsp3) is 0.647. The van der Waals surface area contributed by atoms with Crippen LogP contribution in [0.3, 0.4) is 0 Å². The summed E-state index contributed by atoms with van der Waals surface area (Å²) in [5.41, 5.74) is 0. The van der Waals surface area contributed by atoms with Crippen molar-refractivity contribution >= 4 is 11.9 Å². The van der Waals surface area contributed by atoms with Gasteiger partial charge in [0.2, 0.25) is 5.91 Å². The lowest BCUT2D eigenvalue weighted by atomic mass is 10.3. The number of aliphatic imine (C=N–C) groups is 1. The van der Waals surface area contributed by atoms with E-state index in [-0.39, 0.29) is 11.9 Å². The van der Waals surface area contributed by atoms with Gasteiger partial charge < -0.3 is 24.7 Å². The van der Waals surface area contributed by atoms with E-state index in [9.17, 15) is 4.79 Å². The van der Waals surface area contributed by atoms with Crippen molar-refractivity contribution in [3.8, 4) is 0 Å². The molecule has 7 nitrogen and oxygen atoms in total. The predicted octanol–water partition coefficient (Wildman–Crippen LogP) is 1.01. The number of hydrogen-bond acceptors (Lipinski definition) is 4. The van der Waals surface area contributed by atoms with E-state index in [2.05, 4.69) is 15.6 Å². The number of hydrogen-bond donors (Lipinski definition) is 2. The summed E-state index contributed by atoms with van der Waals surface area (Å²) in [6.07, 6.45) is 3.97. The van der Waals surface area contributed by atoms with Gasteiger partial charge in [-0.05, 0) is 18.6 Å². The topological polar surface area (TPSA) is 79.1 Å². The van der Waals surface area contributed by atoms with E-state index in [1.807, 2.05) is 24.0 Å². The van der Waals surface area contributed by atoms with Crippen LogP contribution >= 0.6 is 0 Å². The third-order valence-electron chi connectivity index (χ3n) is 3.99. The number of guanidine groups is 1. The summed E-state index contributed by atoms with van der Waals surface area (Å²) in [6, 6.07) is 4.08. The quantitative estimate of drug-likeness (QED) is 0.421. The zero-order valence-corrected chi connectivity index (χ0v) is 14.6. The molecule has 1 aliphatic rings. The third kappa shape index (κ3) is 5.88. The monoisotopic (exact) mass is 336 g/mol. The Balaban J connectivity index is 1.81. The van der Waals surface area contributed by atoms with E-state index in [1.54, 1.807) is 13.4 Å². The van der Waals surface area contributed by atoms with Crippen LogP contribution < -0.4 is 10.6 Å². The van der Waals surface area contributed by atoms with E-state index >= 15 is 0 Å². The fourth-order valence-corrected chi connectivity index (χ4v) is 2.68. The summed E-state index contributed by atoms with van der Waals surface area (Å²) in [4.78, 5) is 18.2. The van der Waals surface area contributed by atoms with Gasteiger partial charge in [-0.25, -0.2) is 0 Å². The minimum Gasteiger partial charge on any atom is -0.469 e. The number of nitrogens with one attached hydrogen (secondary N) is 2. The number of furan rings is 1. The van der Waals surface area contributed by atoms with Crippen LogP contribution in [0.5, 0.6) is 0 Å². The second-order valence-corrected chi connectivity index (χ2v) is 5.80. The van der Waals surface area contributed by atoms with Gasteiger partial charge in [-0.3, -0.25) is 9.79 Å². The van der Waals surface area contributed by atoms with E-state index in [1.165, 1.54) is 0 Å². The maximum absolute atomic E-state index is 11.8. The van der Waals surface area contributed by atoms with Crippen molar-refractivity contribution in [2.45, 2.75) is 32.2 Å². The molecule has 0 radical (unpaired) electrons. The minimum absolute atomic E-state index is 0.211. The average molecular weight is 336 g/mol. The molecule has 2 rings (SSSR count). The summed E-state index contributed by atoms with van der Waals surface area (Å²) in [5, 5.41) is 6.74. The molecule has 0 aromatic carbocycles. The van der Waals surface area contributed by atoms with Crippen LogP contribution in [-0.4, -0.2) is 62.7 Å². The zero-order chi connectivity index (χ0) is 17.2. The van der Waals surface area contributed by atoms with Crippen molar-refractivity contribution in [2.24, 2.45) is 4.99 Å². The standard InChI is InChI=1S/C17H28N4O3/c1-3-16(22)21-10-7-14(13-21)20-17(19-9-12-23-2)18-8-6-15-5-4-11-24-15/h4-5,11,14H,3,6-10,12-13H2,1-2H3,(H2,18,19,20). The lowest BCUT2D eigenvalue weighted by Crippen LogP contribution is -2.45. The highest BCUT2D eigenvalue weighted by Crippen LogP contribution is 2.10. The Labute approximate surface area is 143 Å². The van der Waals surface area contributed by atoms with Crippen molar-refractivity contribution in [3.63, 3.8) is 0 Å². The first-order valence-electron chi connectivity index (χ1n) is 8.57. The number of rotatable bonds is 8. The van der Waals surface area contributed by atoms with E-state index < -0.39 is 0 Å². The van der Waals surface area contributed by atoms with Crippen molar-refractivity contribution in [3.05, 3.63) is 24.2 Å². The van der Waals surface area contributed by atoms with Gasteiger partial charge in [0.25, 0.3) is 0 Å². The van der Waals surface area contributed by atoms with Crippen LogP contribution in [0.4, 0.5) is 0 Å². The summed E-state index contributed by atoms with van der Waals surface area (Å²) < 4.78 is 10.4. The number of likely N-dealkylation sites (tertiary alicyclic amines) is 1. The molecule has 2 N–H and O–H groups in total. The second-order valence-electron chi connectivity index (χ2n) is 5.80. The minimum atomic E-state index is 0.211. The molecule has 2 heterocycles. The molecule has 0 bridgehead atoms. The molecule has 1 aromatic rings. The van der Waals surface area contributed by atoms with Crippen molar-refractivity contribution in [2.75, 3.05) is 39.9 Å². The van der Waals surface area contributed by atoms with Gasteiger partial charge in [-0.2, -0.15) is 0 Å². The van der Waals surface area contributed by atoms with Crippen LogP contribution in [0.15, 0.2) is 27.8 Å². The smallest absolute Gasteiger partial charge is 0.222 e. The Kier molecular flexibility index (Phi) is 7.61. The number of methoxy groups -OCH3 is 1. The lowest BCUT2D eigenvalue weighted by Gasteiger charge is -2.19. The molecule has 0 aliphatic carbocycles. The molecule has 1 atom stereocenters. The Morgan fingerprint density at radius 1 is 1.54 bits per heavy atom. The van der Waals surface area contributed by atoms with Crippen molar-refractivity contribution in [1.82, 2.24) is 15.5 Å². The van der Waals surface area contributed by atoms with Gasteiger partial charge in [0, 0.05) is 45.6 Å². The SMILES string of the molecule is CCC(=O)N1CCC(NC(=NCCOC)NCCc2ccco2)C1. The van der Waals surface area contributed by atoms with Crippen LogP contribution in [0.1, 0.15) is 25.5 Å². The Morgan fingerprint density at radius 3 is 3.12 bits per heavy atom. The Morgan fingerprint density at radius 2 is 2.42 bits per heavy atom. The Hall–Kier alpha value is -2.02. The average Bonchev–Trinajstić information content (AvgIpc) is 3.26. The molecule has 1 amide bonds. The van der Waals surface area contributed by atoms with Crippen LogP contribution in [-0.2, 0) is 16.0 Å². The van der Waals surface area contributed by atoms with Gasteiger partial charge in [-0.1, -0.05) is 6.92 Å². The predicted molar refractivity (Wildman–Crippen MR) is 93.0 cm³/mol. The van der Waals surface area contributed by atoms with Gasteiger partial charge in [0.05, 0.1) is 19.4 Å². The molecule has 1 aliphatic heterocycles. The summed E-state index contributed by atoms with van der Waals surface area (Å²) in [5.74, 6) is 1.91. The normalized spacial score (nSPS) is 18.0. The molecule has 134 valence electrons. The molecule has 7 heteroatoms. The Bertz CT molecular complexity index is 516. The number of amides is 1. The number of carbonyl (C=O) groups is 1. The summed E-state index contributed by atoms with van der Waals surface area (Å²) in [7, 11) is 1.66. The highest BCUT2D eigenvalue weighted by Gasteiger charge is 2.25. The van der Waals surface area contributed by atoms with Crippen LogP contribution in [0.2, 0.25) is 0 Å². The summed E-state index contributed by atoms with van der Waals surface area (Å²) in [6.45, 7) is 5.35. The molecule has 0 spiro atoms. The molecular weight excluding hydrogens is 308 g/mol. The van der Waals surface area contributed by atoms with E-state index in [0.29, 0.717) is 19.6 Å². The largest absolute Gasteiger partial charge is 0.469 e. The van der Waals surface area contributed by atoms with Crippen molar-refractivity contribution < 1.29 is 13.9 Å². The van der Waals surface area contributed by atoms with Gasteiger partial charge >= 0.3 is 0 Å². The molecule has 1 fully saturated rings. The highest BCUT2D eigenvalue weighted by molar-refractivity contribution is 5.80. The van der Waals surface area contributed by atoms with Gasteiger partial charge in [0.15, 0.2) is 5.96 Å². The zero-order valence-electron chi connectivity index (χ0n) is 14.6. The summed E-state index contributed by atoms with van der Waals surface area (Å²) >= 11 is 0. The maximum Gasteiger partial charge on any atom is 0.222 e. The molecule has 1 aromatic heterocycles. The number of nitrogens with zero attached hydrogens (tertiary/aromatic N) is 2. The van der Waals surface area contributed by atoms with Crippen LogP contribution in [0.25, 0.3) is 0 Å². The lowest BCUT2D eigenvalue weighted by molar-refractivity contribution is -0.129. The van der Waals surface area contributed by atoms with Gasteiger partial charge in [0.1, 0.15) is 5.76 Å². The molecular formula is C17H28N4O3. The number of ether oxygens (including phenoxy) is 1. The third-order valence-corrected chi connectivity index (χ3v) is 3.99. The van der Waals surface area contributed by atoms with Crippen LogP contribution in [0, 0.1) is 0 Å². The molecule has 0 saturated carbocycles. The first-order valence-corrected chi connectivity index (χ1v) is 8.57. The first-order chi connectivity index (χ1) is 11.7. The van der Waals surface area contributed by atoms with E-state index in [4.69, 9.17) is 9.15 Å². The molecule has 1 unspecified atom stereocenters. The molecule has 24 heavy (non-hydrogen) atoms. The molecule has 1 saturated heterocycles. The van der Waals surface area contributed by atoms with Crippen molar-refractivity contribution in [1.29, 1.82) is 0 Å². The van der Waals surface area contributed by atoms with E-state index in [0.717, 1.165) is 44.2 Å². The van der Waals surface area contributed by atoms with Gasteiger partial charge in [-0.15, -0.1) is 0 Å². The maximum atomic E-state index is 11.8.